The summed E-state index contributed by atoms with van der Waals surface area (Å²) >= 11 is 4.75. The van der Waals surface area contributed by atoms with Crippen molar-refractivity contribution in [1.29, 1.82) is 0 Å². The Morgan fingerprint density at radius 3 is 2.42 bits per heavy atom. The third-order valence-electron chi connectivity index (χ3n) is 3.46. The Balaban J connectivity index is 1.69. The van der Waals surface area contributed by atoms with E-state index in [1.807, 2.05) is 18.4 Å². The average Bonchev–Trinajstić information content (AvgIpc) is 3.17. The van der Waals surface area contributed by atoms with E-state index in [-0.39, 0.29) is 5.91 Å². The van der Waals surface area contributed by atoms with Crippen molar-refractivity contribution in [3.8, 4) is 0 Å². The van der Waals surface area contributed by atoms with Crippen LogP contribution in [-0.2, 0) is 0 Å². The minimum Gasteiger partial charge on any atom is -0.399 e. The molecule has 0 unspecified atom stereocenters. The molecule has 0 saturated heterocycles. The summed E-state index contributed by atoms with van der Waals surface area (Å²) in [7, 11) is 0. The average molecular weight is 373 g/mol. The fourth-order valence-electron chi connectivity index (χ4n) is 2.30. The molecular formula is C16H12N4OS3. The number of amides is 1. The topological polar surface area (TPSA) is 80.9 Å². The van der Waals surface area contributed by atoms with Crippen LogP contribution in [0.1, 0.15) is 10.4 Å². The highest BCUT2D eigenvalue weighted by Crippen LogP contribution is 2.38. The van der Waals surface area contributed by atoms with E-state index in [1.165, 1.54) is 11.3 Å². The molecule has 5 nitrogen and oxygen atoms in total. The second kappa shape index (κ2) is 6.04. The molecule has 0 spiro atoms. The van der Waals surface area contributed by atoms with E-state index in [4.69, 9.17) is 5.73 Å². The number of nitrogens with two attached hydrogens (primary N) is 1. The molecule has 2 aromatic carbocycles. The number of carbonyl (C=O) groups is 1. The number of aromatic nitrogens is 2. The maximum Gasteiger partial charge on any atom is 0.257 e. The number of thioether (sulfide) groups is 1. The molecule has 0 atom stereocenters. The molecule has 0 bridgehead atoms. The molecule has 0 radical (unpaired) electrons. The van der Waals surface area contributed by atoms with Crippen LogP contribution in [0.2, 0.25) is 0 Å². The lowest BCUT2D eigenvalue weighted by Gasteiger charge is -2.01. The first-order valence-electron chi connectivity index (χ1n) is 7.05. The van der Waals surface area contributed by atoms with Crippen LogP contribution < -0.4 is 11.1 Å². The summed E-state index contributed by atoms with van der Waals surface area (Å²) in [5.74, 6) is -0.195. The van der Waals surface area contributed by atoms with Crippen LogP contribution in [-0.4, -0.2) is 22.1 Å². The van der Waals surface area contributed by atoms with E-state index in [0.717, 1.165) is 24.8 Å². The normalized spacial score (nSPS) is 11.2. The molecule has 0 aliphatic carbocycles. The van der Waals surface area contributed by atoms with Gasteiger partial charge in [-0.25, -0.2) is 9.97 Å². The van der Waals surface area contributed by atoms with Gasteiger partial charge in [0.2, 0.25) is 0 Å². The lowest BCUT2D eigenvalue weighted by Crippen LogP contribution is -2.11. The minimum absolute atomic E-state index is 0.195. The van der Waals surface area contributed by atoms with Crippen molar-refractivity contribution in [2.24, 2.45) is 0 Å². The van der Waals surface area contributed by atoms with Gasteiger partial charge in [0.1, 0.15) is 0 Å². The first-order valence-corrected chi connectivity index (χ1v) is 9.91. The summed E-state index contributed by atoms with van der Waals surface area (Å²) in [5, 5.41) is 3.44. The van der Waals surface area contributed by atoms with Crippen LogP contribution in [0, 0.1) is 0 Å². The van der Waals surface area contributed by atoms with E-state index in [9.17, 15) is 4.79 Å². The lowest BCUT2D eigenvalue weighted by molar-refractivity contribution is 0.102. The Labute approximate surface area is 149 Å². The third kappa shape index (κ3) is 2.72. The van der Waals surface area contributed by atoms with Crippen molar-refractivity contribution in [2.45, 2.75) is 4.34 Å². The highest BCUT2D eigenvalue weighted by Gasteiger charge is 2.14. The lowest BCUT2D eigenvalue weighted by atomic mass is 10.2. The third-order valence-corrected chi connectivity index (χ3v) is 6.67. The second-order valence-corrected chi connectivity index (χ2v) is 8.09. The van der Waals surface area contributed by atoms with Crippen LogP contribution in [0.15, 0.2) is 40.7 Å². The van der Waals surface area contributed by atoms with Crippen LogP contribution in [0.3, 0.4) is 0 Å². The molecule has 1 amide bonds. The standard InChI is InChI=1S/C16H12N4OS3/c1-22-16-19-11-7-6-10-12(13(11)24-16)23-15(18-10)20-14(21)8-2-4-9(17)5-3-8/h2-7H,17H2,1H3,(H,18,20,21). The Morgan fingerprint density at radius 1 is 1.04 bits per heavy atom. The van der Waals surface area contributed by atoms with E-state index >= 15 is 0 Å². The number of hydrogen-bond acceptors (Lipinski definition) is 7. The number of benzene rings is 2. The SMILES string of the molecule is CSc1nc2ccc3nc(NC(=O)c4ccc(N)cc4)sc3c2s1. The van der Waals surface area contributed by atoms with Gasteiger partial charge < -0.3 is 5.73 Å². The number of nitrogens with one attached hydrogen (secondary N) is 1. The summed E-state index contributed by atoms with van der Waals surface area (Å²) in [6.45, 7) is 0. The molecule has 24 heavy (non-hydrogen) atoms. The molecule has 3 N–H and O–H groups in total. The summed E-state index contributed by atoms with van der Waals surface area (Å²) in [5.41, 5.74) is 8.67. The molecule has 2 heterocycles. The monoisotopic (exact) mass is 372 g/mol. The number of carbonyl (C=O) groups excluding carboxylic acids is 1. The molecule has 0 aliphatic rings. The highest BCUT2D eigenvalue weighted by molar-refractivity contribution is 8.00. The summed E-state index contributed by atoms with van der Waals surface area (Å²) in [6, 6.07) is 10.7. The van der Waals surface area contributed by atoms with E-state index in [2.05, 4.69) is 15.3 Å². The van der Waals surface area contributed by atoms with Gasteiger partial charge in [-0.05, 0) is 42.7 Å². The predicted octanol–water partition coefficient (Wildman–Crippen LogP) is 4.46. The Bertz CT molecular complexity index is 1050. The predicted molar refractivity (Wildman–Crippen MR) is 103 cm³/mol. The summed E-state index contributed by atoms with van der Waals surface area (Å²) in [4.78, 5) is 21.4. The van der Waals surface area contributed by atoms with Gasteiger partial charge >= 0.3 is 0 Å². The fourth-order valence-corrected chi connectivity index (χ4v) is 4.95. The number of nitrogens with zero attached hydrogens (tertiary/aromatic N) is 2. The molecule has 0 saturated carbocycles. The number of anilines is 2. The van der Waals surface area contributed by atoms with Gasteiger partial charge in [0.25, 0.3) is 5.91 Å². The Kier molecular flexibility index (Phi) is 3.87. The fraction of sp³-hybridized carbons (Fsp3) is 0.0625. The number of hydrogen-bond donors (Lipinski definition) is 2. The molecule has 4 aromatic rings. The van der Waals surface area contributed by atoms with Gasteiger partial charge in [-0.2, -0.15) is 0 Å². The van der Waals surface area contributed by atoms with Gasteiger partial charge in [0, 0.05) is 11.3 Å². The maximum atomic E-state index is 12.3. The summed E-state index contributed by atoms with van der Waals surface area (Å²) in [6.07, 6.45) is 2.01. The first-order chi connectivity index (χ1) is 11.6. The molecule has 0 fully saturated rings. The van der Waals surface area contributed by atoms with Crippen molar-refractivity contribution < 1.29 is 4.79 Å². The summed E-state index contributed by atoms with van der Waals surface area (Å²) < 4.78 is 3.19. The second-order valence-electron chi connectivity index (χ2n) is 5.04. The largest absolute Gasteiger partial charge is 0.399 e. The zero-order valence-corrected chi connectivity index (χ0v) is 15.0. The van der Waals surface area contributed by atoms with Crippen LogP contribution >= 0.6 is 34.4 Å². The molecule has 2 aromatic heterocycles. The van der Waals surface area contributed by atoms with Gasteiger partial charge in [-0.1, -0.05) is 23.1 Å². The molecule has 8 heteroatoms. The minimum atomic E-state index is -0.195. The van der Waals surface area contributed by atoms with Crippen molar-refractivity contribution in [3.63, 3.8) is 0 Å². The first kappa shape index (κ1) is 15.4. The number of nitrogen functional groups attached to an aromatic ring is 1. The molecular weight excluding hydrogens is 360 g/mol. The smallest absolute Gasteiger partial charge is 0.257 e. The molecule has 4 rings (SSSR count). The van der Waals surface area contributed by atoms with Gasteiger partial charge in [-0.3, -0.25) is 10.1 Å². The van der Waals surface area contributed by atoms with Crippen LogP contribution in [0.25, 0.3) is 20.4 Å². The molecule has 0 aliphatic heterocycles. The van der Waals surface area contributed by atoms with Gasteiger partial charge in [0.15, 0.2) is 9.47 Å². The van der Waals surface area contributed by atoms with E-state index < -0.39 is 0 Å². The molecule has 120 valence electrons. The van der Waals surface area contributed by atoms with Crippen LogP contribution in [0.4, 0.5) is 10.8 Å². The maximum absolute atomic E-state index is 12.3. The quantitative estimate of drug-likeness (QED) is 0.410. The van der Waals surface area contributed by atoms with Crippen molar-refractivity contribution in [1.82, 2.24) is 9.97 Å². The van der Waals surface area contributed by atoms with Crippen molar-refractivity contribution in [3.05, 3.63) is 42.0 Å². The zero-order valence-electron chi connectivity index (χ0n) is 12.6. The Hall–Kier alpha value is -2.16. The number of rotatable bonds is 3. The van der Waals surface area contributed by atoms with E-state index in [1.54, 1.807) is 47.4 Å². The van der Waals surface area contributed by atoms with Crippen molar-refractivity contribution in [2.75, 3.05) is 17.3 Å². The van der Waals surface area contributed by atoms with Gasteiger partial charge in [-0.15, -0.1) is 11.3 Å². The number of thiazole rings is 2. The number of fused-ring (bicyclic) bond motifs is 3. The van der Waals surface area contributed by atoms with Crippen molar-refractivity contribution >= 4 is 71.6 Å². The van der Waals surface area contributed by atoms with E-state index in [0.29, 0.717) is 16.4 Å². The highest BCUT2D eigenvalue weighted by atomic mass is 32.2. The van der Waals surface area contributed by atoms with Gasteiger partial charge in [0.05, 0.1) is 20.4 Å². The van der Waals surface area contributed by atoms with Crippen LogP contribution in [0.5, 0.6) is 0 Å². The zero-order chi connectivity index (χ0) is 16.7. The Morgan fingerprint density at radius 2 is 1.71 bits per heavy atom.